The van der Waals surface area contributed by atoms with Crippen molar-refractivity contribution in [3.05, 3.63) is 85.2 Å². The Balaban J connectivity index is 0.000000228. The summed E-state index contributed by atoms with van der Waals surface area (Å²) in [6.07, 6.45) is 9.63. The Morgan fingerprint density at radius 2 is 1.05 bits per heavy atom. The number of anilines is 2. The van der Waals surface area contributed by atoms with Gasteiger partial charge in [0.05, 0.1) is 19.7 Å². The Labute approximate surface area is 395 Å². The molecule has 2 saturated carbocycles. The van der Waals surface area contributed by atoms with E-state index in [-0.39, 0.29) is 35.2 Å². The molecule has 16 heteroatoms. The molecule has 0 radical (unpaired) electrons. The van der Waals surface area contributed by atoms with E-state index in [1.165, 1.54) is 9.75 Å². The van der Waals surface area contributed by atoms with E-state index in [9.17, 15) is 19.2 Å². The summed E-state index contributed by atoms with van der Waals surface area (Å²) in [5.41, 5.74) is 15.1. The number of amides is 2. The topological polar surface area (TPSA) is 170 Å². The van der Waals surface area contributed by atoms with Gasteiger partial charge in [0.15, 0.2) is 11.6 Å². The maximum atomic E-state index is 12.7. The van der Waals surface area contributed by atoms with Gasteiger partial charge in [-0.15, -0.1) is 22.7 Å². The van der Waals surface area contributed by atoms with E-state index >= 15 is 0 Å². The smallest absolute Gasteiger partial charge is 0.223 e. The monoisotopic (exact) mass is 1110 g/mol. The van der Waals surface area contributed by atoms with Crippen LogP contribution in [0.1, 0.15) is 97.5 Å². The second-order valence-corrected chi connectivity index (χ2v) is 22.8. The van der Waals surface area contributed by atoms with Crippen molar-refractivity contribution in [2.75, 3.05) is 11.5 Å². The molecule has 6 rings (SSSR count). The van der Waals surface area contributed by atoms with Crippen molar-refractivity contribution in [1.82, 2.24) is 20.6 Å². The Kier molecular flexibility index (Phi) is 18.4. The minimum atomic E-state index is -0.470. The molecule has 6 N–H and O–H groups in total. The molecule has 0 saturated heterocycles. The largest absolute Gasteiger partial charge is 0.384 e. The Hall–Kier alpha value is -2.50. The zero-order chi connectivity index (χ0) is 43.7. The first-order valence-electron chi connectivity index (χ1n) is 20.4. The van der Waals surface area contributed by atoms with Crippen LogP contribution >= 0.6 is 86.4 Å². The first kappa shape index (κ1) is 48.5. The minimum Gasteiger partial charge on any atom is -0.384 e. The summed E-state index contributed by atoms with van der Waals surface area (Å²) in [5, 5.41) is 5.89. The lowest BCUT2D eigenvalue weighted by Crippen LogP contribution is -2.41. The number of carbonyl (C=O) groups is 4. The van der Waals surface area contributed by atoms with Crippen LogP contribution in [0.25, 0.3) is 0 Å². The van der Waals surface area contributed by atoms with Gasteiger partial charge in [-0.25, -0.2) is 9.97 Å². The normalized spacial score (nSPS) is 19.6. The molecule has 2 aliphatic rings. The highest BCUT2D eigenvalue weighted by atomic mass is 79.9. The molecule has 4 heterocycles. The summed E-state index contributed by atoms with van der Waals surface area (Å²) in [5.74, 6) is 2.12. The number of pyridine rings is 2. The van der Waals surface area contributed by atoms with Crippen molar-refractivity contribution < 1.29 is 19.2 Å². The molecule has 2 amide bonds. The van der Waals surface area contributed by atoms with E-state index in [0.29, 0.717) is 49.2 Å². The number of aromatic nitrogens is 2. The number of Topliss-reactive ketones (excluding diaryl/α,β-unsaturated/α-hetero) is 2. The molecule has 0 bridgehead atoms. The van der Waals surface area contributed by atoms with Gasteiger partial charge in [-0.2, -0.15) is 0 Å². The van der Waals surface area contributed by atoms with E-state index in [4.69, 9.17) is 11.5 Å². The van der Waals surface area contributed by atoms with Gasteiger partial charge in [-0.1, -0.05) is 12.1 Å². The van der Waals surface area contributed by atoms with Gasteiger partial charge in [0.2, 0.25) is 11.8 Å². The third kappa shape index (κ3) is 14.3. The molecular formula is C44H54Br4N6O4S2. The van der Waals surface area contributed by atoms with Crippen LogP contribution in [0.5, 0.6) is 0 Å². The first-order valence-corrected chi connectivity index (χ1v) is 25.2. The fourth-order valence-electron chi connectivity index (χ4n) is 8.07. The summed E-state index contributed by atoms with van der Waals surface area (Å²) in [4.78, 5) is 61.5. The van der Waals surface area contributed by atoms with Crippen molar-refractivity contribution in [1.29, 1.82) is 0 Å². The number of hydrogen-bond donors (Lipinski definition) is 4. The van der Waals surface area contributed by atoms with Gasteiger partial charge < -0.3 is 22.1 Å². The van der Waals surface area contributed by atoms with Crippen molar-refractivity contribution >= 4 is 121 Å². The zero-order valence-electron chi connectivity index (χ0n) is 34.4. The molecule has 0 aromatic carbocycles. The highest BCUT2D eigenvalue weighted by molar-refractivity contribution is 9.13. The van der Waals surface area contributed by atoms with Gasteiger partial charge in [0, 0.05) is 54.8 Å². The minimum absolute atomic E-state index is 0.000589. The summed E-state index contributed by atoms with van der Waals surface area (Å²) in [6, 6.07) is 10.7. The van der Waals surface area contributed by atoms with Crippen LogP contribution in [0.15, 0.2) is 52.9 Å². The summed E-state index contributed by atoms with van der Waals surface area (Å²) in [7, 11) is 0. The van der Waals surface area contributed by atoms with E-state index in [1.54, 1.807) is 48.7 Å². The molecule has 6 atom stereocenters. The maximum Gasteiger partial charge on any atom is 0.223 e. The molecule has 4 aromatic rings. The number of ketones is 2. The quantitative estimate of drug-likeness (QED) is 0.0859. The maximum absolute atomic E-state index is 12.7. The van der Waals surface area contributed by atoms with Gasteiger partial charge in [0.25, 0.3) is 0 Å². The Morgan fingerprint density at radius 1 is 0.667 bits per heavy atom. The van der Waals surface area contributed by atoms with Crippen molar-refractivity contribution in [2.24, 2.45) is 23.7 Å². The van der Waals surface area contributed by atoms with Crippen LogP contribution < -0.4 is 22.1 Å². The number of carbonyl (C=O) groups excluding carboxylic acids is 4. The highest BCUT2D eigenvalue weighted by Crippen LogP contribution is 2.40. The van der Waals surface area contributed by atoms with Crippen molar-refractivity contribution in [3.8, 4) is 0 Å². The van der Waals surface area contributed by atoms with Crippen molar-refractivity contribution in [3.63, 3.8) is 0 Å². The van der Waals surface area contributed by atoms with Crippen LogP contribution in [0.3, 0.4) is 0 Å². The average Bonchev–Trinajstić information content (AvgIpc) is 3.99. The third-order valence-corrected chi connectivity index (χ3v) is 18.2. The standard InChI is InChI=1S/2C22H27Br2N3O2S/c2*1-12-15(6-8-20(25)26-12)5-7-19(28)13(2)27-22(29)16-4-3-14(9-16)10-17-11-18(23)21(24)30-17/h2*6,8,11,13-14,16H,3-5,7,9-10H2,1-2H3,(H2,25,26)(H,27,29)/t2*13-,14+,16?/m00/s1. The second kappa shape index (κ2) is 22.7. The number of nitrogens with two attached hydrogens (primary N) is 2. The SMILES string of the molecule is Cc1nc(N)ccc1CCC(=O)[C@H](C)NC(=O)C1CC[C@@H](Cc2cc(Br)c(Br)s2)C1.Cc1nc(N)ccc1CCC(=O)[C@H](C)NC(=O)C1CC[C@@H](Cc2cc(Br)c(Br)s2)C1. The van der Waals surface area contributed by atoms with Crippen LogP contribution in [0.2, 0.25) is 0 Å². The summed E-state index contributed by atoms with van der Waals surface area (Å²) >= 11 is 17.6. The summed E-state index contributed by atoms with van der Waals surface area (Å²) < 4.78 is 4.41. The number of aryl methyl sites for hydroxylation is 4. The average molecular weight is 1110 g/mol. The molecule has 324 valence electrons. The lowest BCUT2D eigenvalue weighted by molar-refractivity contribution is -0.129. The Morgan fingerprint density at radius 3 is 1.38 bits per heavy atom. The second-order valence-electron chi connectivity index (χ2n) is 16.2. The molecule has 10 nitrogen and oxygen atoms in total. The van der Waals surface area contributed by atoms with E-state index in [2.05, 4.69) is 96.5 Å². The molecule has 2 unspecified atom stereocenters. The first-order chi connectivity index (χ1) is 28.4. The van der Waals surface area contributed by atoms with Crippen LogP contribution in [0.4, 0.5) is 11.6 Å². The number of nitrogen functional groups attached to an aromatic ring is 2. The number of nitrogens with one attached hydrogen (secondary N) is 2. The lowest BCUT2D eigenvalue weighted by Gasteiger charge is -2.17. The fourth-order valence-corrected chi connectivity index (χ4v) is 12.7. The van der Waals surface area contributed by atoms with Gasteiger partial charge in [-0.05, 0) is 203 Å². The lowest BCUT2D eigenvalue weighted by atomic mass is 9.99. The van der Waals surface area contributed by atoms with E-state index in [0.717, 1.165) is 90.4 Å². The van der Waals surface area contributed by atoms with Gasteiger partial charge >= 0.3 is 0 Å². The van der Waals surface area contributed by atoms with Crippen molar-refractivity contribution in [2.45, 2.75) is 117 Å². The molecule has 0 aliphatic heterocycles. The summed E-state index contributed by atoms with van der Waals surface area (Å²) in [6.45, 7) is 7.35. The number of rotatable bonds is 16. The number of thiophene rings is 2. The number of halogens is 4. The molecule has 2 aliphatic carbocycles. The fraction of sp³-hybridized carbons (Fsp3) is 0.500. The van der Waals surface area contributed by atoms with Gasteiger partial charge in [-0.3, -0.25) is 19.2 Å². The number of nitrogens with zero attached hydrogens (tertiary/aromatic N) is 2. The van der Waals surface area contributed by atoms with Crippen LogP contribution in [-0.4, -0.2) is 45.4 Å². The van der Waals surface area contributed by atoms with Crippen LogP contribution in [-0.2, 0) is 44.9 Å². The molecular weight excluding hydrogens is 1060 g/mol. The third-order valence-electron chi connectivity index (χ3n) is 11.6. The Bertz CT molecular complexity index is 1970. The molecule has 0 spiro atoms. The zero-order valence-corrected chi connectivity index (χ0v) is 42.4. The van der Waals surface area contributed by atoms with E-state index < -0.39 is 12.1 Å². The van der Waals surface area contributed by atoms with E-state index in [1.807, 2.05) is 26.0 Å². The number of hydrogen-bond acceptors (Lipinski definition) is 10. The molecule has 2 fully saturated rings. The predicted octanol–water partition coefficient (Wildman–Crippen LogP) is 10.4. The molecule has 4 aromatic heterocycles. The molecule has 60 heavy (non-hydrogen) atoms. The predicted molar refractivity (Wildman–Crippen MR) is 257 cm³/mol. The highest BCUT2D eigenvalue weighted by Gasteiger charge is 2.33. The van der Waals surface area contributed by atoms with Crippen LogP contribution in [0, 0.1) is 37.5 Å². The van der Waals surface area contributed by atoms with Gasteiger partial charge in [0.1, 0.15) is 11.6 Å².